The molecule has 0 aliphatic carbocycles. The molecule has 1 aliphatic heterocycles. The maximum atomic E-state index is 12.2. The molecule has 0 saturated heterocycles. The first-order valence-electron chi connectivity index (χ1n) is 8.06. The van der Waals surface area contributed by atoms with E-state index in [1.165, 1.54) is 18.2 Å². The summed E-state index contributed by atoms with van der Waals surface area (Å²) in [6.07, 6.45) is -0.0963. The lowest BCUT2D eigenvalue weighted by molar-refractivity contribution is -0.384. The van der Waals surface area contributed by atoms with Crippen LogP contribution in [-0.4, -0.2) is 22.8 Å². The molecule has 0 unspecified atom stereocenters. The second-order valence-electron chi connectivity index (χ2n) is 6.23. The molecule has 26 heavy (non-hydrogen) atoms. The van der Waals surface area contributed by atoms with Crippen LogP contribution >= 0.6 is 0 Å². The number of non-ortho nitro benzene ring substituents is 1. The summed E-state index contributed by atoms with van der Waals surface area (Å²) >= 11 is 0. The molecule has 1 atom stereocenters. The lowest BCUT2D eigenvalue weighted by Gasteiger charge is -2.27. The second-order valence-corrected chi connectivity index (χ2v) is 6.23. The van der Waals surface area contributed by atoms with Crippen molar-refractivity contribution >= 4 is 34.6 Å². The number of nitrogens with one attached hydrogen (secondary N) is 3. The Morgan fingerprint density at radius 1 is 1.19 bits per heavy atom. The Kier molecular flexibility index (Phi) is 4.57. The Morgan fingerprint density at radius 3 is 2.58 bits per heavy atom. The number of carbonyl (C=O) groups excluding carboxylic acids is 2. The van der Waals surface area contributed by atoms with E-state index in [-0.39, 0.29) is 18.0 Å². The van der Waals surface area contributed by atoms with Crippen molar-refractivity contribution in [2.75, 3.05) is 16.0 Å². The molecule has 0 aromatic heterocycles. The minimum Gasteiger partial charge on any atom is -0.372 e. The van der Waals surface area contributed by atoms with Gasteiger partial charge in [-0.1, -0.05) is 6.07 Å². The van der Waals surface area contributed by atoms with Crippen molar-refractivity contribution < 1.29 is 14.5 Å². The lowest BCUT2D eigenvalue weighted by Crippen LogP contribution is -2.41. The molecule has 8 heteroatoms. The number of hydrogen-bond acceptors (Lipinski definition) is 5. The SMILES string of the molecule is Cc1cc2c(cc1C)N[C@H](CC(=O)Nc1cccc([N+](=O)[O-])c1)C(=O)N2. The van der Waals surface area contributed by atoms with Crippen LogP contribution in [0.5, 0.6) is 0 Å². The van der Waals surface area contributed by atoms with Crippen LogP contribution < -0.4 is 16.0 Å². The number of aryl methyl sites for hydroxylation is 2. The van der Waals surface area contributed by atoms with Gasteiger partial charge in [-0.15, -0.1) is 0 Å². The monoisotopic (exact) mass is 354 g/mol. The molecule has 134 valence electrons. The fraction of sp³-hybridized carbons (Fsp3) is 0.222. The Bertz CT molecular complexity index is 910. The predicted molar refractivity (Wildman–Crippen MR) is 98.3 cm³/mol. The van der Waals surface area contributed by atoms with Gasteiger partial charge in [0.05, 0.1) is 22.7 Å². The van der Waals surface area contributed by atoms with E-state index < -0.39 is 16.9 Å². The molecule has 3 rings (SSSR count). The number of amides is 2. The summed E-state index contributed by atoms with van der Waals surface area (Å²) < 4.78 is 0. The van der Waals surface area contributed by atoms with Crippen LogP contribution in [-0.2, 0) is 9.59 Å². The minimum absolute atomic E-state index is 0.0963. The summed E-state index contributed by atoms with van der Waals surface area (Å²) in [5.41, 5.74) is 3.79. The third kappa shape index (κ3) is 3.64. The van der Waals surface area contributed by atoms with Crippen LogP contribution in [0.4, 0.5) is 22.7 Å². The molecular weight excluding hydrogens is 336 g/mol. The maximum Gasteiger partial charge on any atom is 0.271 e. The molecule has 2 aromatic rings. The van der Waals surface area contributed by atoms with E-state index >= 15 is 0 Å². The van der Waals surface area contributed by atoms with Crippen LogP contribution in [0.3, 0.4) is 0 Å². The van der Waals surface area contributed by atoms with E-state index in [4.69, 9.17) is 0 Å². The van der Waals surface area contributed by atoms with E-state index in [0.29, 0.717) is 11.4 Å². The van der Waals surface area contributed by atoms with Crippen LogP contribution in [0.25, 0.3) is 0 Å². The number of benzene rings is 2. The molecular formula is C18H18N4O4. The van der Waals surface area contributed by atoms with Gasteiger partial charge in [-0.3, -0.25) is 19.7 Å². The Balaban J connectivity index is 1.69. The third-order valence-electron chi connectivity index (χ3n) is 4.27. The topological polar surface area (TPSA) is 113 Å². The Hall–Kier alpha value is -3.42. The molecule has 0 radical (unpaired) electrons. The molecule has 8 nitrogen and oxygen atoms in total. The average molecular weight is 354 g/mol. The summed E-state index contributed by atoms with van der Waals surface area (Å²) in [6.45, 7) is 3.93. The van der Waals surface area contributed by atoms with Crippen molar-refractivity contribution in [3.63, 3.8) is 0 Å². The van der Waals surface area contributed by atoms with Crippen molar-refractivity contribution in [1.82, 2.24) is 0 Å². The number of nitrogens with zero attached hydrogens (tertiary/aromatic N) is 1. The summed E-state index contributed by atoms with van der Waals surface area (Å²) in [7, 11) is 0. The molecule has 3 N–H and O–H groups in total. The largest absolute Gasteiger partial charge is 0.372 e. The van der Waals surface area contributed by atoms with E-state index in [0.717, 1.165) is 16.8 Å². The first-order chi connectivity index (χ1) is 12.3. The van der Waals surface area contributed by atoms with Crippen molar-refractivity contribution in [3.05, 3.63) is 57.6 Å². The quantitative estimate of drug-likeness (QED) is 0.577. The van der Waals surface area contributed by atoms with Gasteiger partial charge >= 0.3 is 0 Å². The zero-order chi connectivity index (χ0) is 18.8. The zero-order valence-corrected chi connectivity index (χ0v) is 14.3. The molecule has 0 spiro atoms. The first-order valence-corrected chi connectivity index (χ1v) is 8.06. The van der Waals surface area contributed by atoms with E-state index in [1.807, 2.05) is 26.0 Å². The highest BCUT2D eigenvalue weighted by molar-refractivity contribution is 6.06. The number of rotatable bonds is 4. The number of fused-ring (bicyclic) bond motifs is 1. The molecule has 1 aliphatic rings. The molecule has 2 aromatic carbocycles. The van der Waals surface area contributed by atoms with Crippen LogP contribution in [0, 0.1) is 24.0 Å². The molecule has 1 heterocycles. The number of hydrogen-bond donors (Lipinski definition) is 3. The maximum absolute atomic E-state index is 12.2. The van der Waals surface area contributed by atoms with E-state index in [9.17, 15) is 19.7 Å². The Morgan fingerprint density at radius 2 is 1.88 bits per heavy atom. The normalized spacial score (nSPS) is 15.5. The summed E-state index contributed by atoms with van der Waals surface area (Å²) in [4.78, 5) is 34.7. The van der Waals surface area contributed by atoms with E-state index in [2.05, 4.69) is 16.0 Å². The van der Waals surface area contributed by atoms with Gasteiger partial charge < -0.3 is 16.0 Å². The zero-order valence-electron chi connectivity index (χ0n) is 14.3. The molecule has 0 fully saturated rings. The fourth-order valence-electron chi connectivity index (χ4n) is 2.75. The molecule has 2 amide bonds. The Labute approximate surface area is 149 Å². The minimum atomic E-state index is -0.719. The standard InChI is InChI=1S/C18H18N4O4/c1-10-6-14-15(7-11(10)2)21-18(24)16(20-14)9-17(23)19-12-4-3-5-13(8-12)22(25)26/h3-8,16,20H,9H2,1-2H3,(H,19,23)(H,21,24)/t16-/m1/s1. The van der Waals surface area contributed by atoms with E-state index in [1.54, 1.807) is 6.07 Å². The van der Waals surface area contributed by atoms with Gasteiger partial charge in [0.2, 0.25) is 11.8 Å². The van der Waals surface area contributed by atoms with Gasteiger partial charge in [0.1, 0.15) is 6.04 Å². The van der Waals surface area contributed by atoms with Crippen molar-refractivity contribution in [2.45, 2.75) is 26.3 Å². The van der Waals surface area contributed by atoms with Crippen molar-refractivity contribution in [2.24, 2.45) is 0 Å². The number of anilines is 3. The first kappa shape index (κ1) is 17.4. The smallest absolute Gasteiger partial charge is 0.271 e. The number of nitro benzene ring substituents is 1. The highest BCUT2D eigenvalue weighted by Gasteiger charge is 2.28. The highest BCUT2D eigenvalue weighted by atomic mass is 16.6. The highest BCUT2D eigenvalue weighted by Crippen LogP contribution is 2.30. The summed E-state index contributed by atoms with van der Waals surface area (Å²) in [5, 5.41) is 19.3. The third-order valence-corrected chi connectivity index (χ3v) is 4.27. The van der Waals surface area contributed by atoms with Crippen LogP contribution in [0.2, 0.25) is 0 Å². The second kappa shape index (κ2) is 6.83. The van der Waals surface area contributed by atoms with Gasteiger partial charge in [-0.25, -0.2) is 0 Å². The van der Waals surface area contributed by atoms with Gasteiger partial charge in [0.25, 0.3) is 5.69 Å². The number of nitro groups is 1. The lowest BCUT2D eigenvalue weighted by atomic mass is 10.0. The van der Waals surface area contributed by atoms with Gasteiger partial charge in [0.15, 0.2) is 0 Å². The van der Waals surface area contributed by atoms with Crippen molar-refractivity contribution in [1.29, 1.82) is 0 Å². The number of carbonyl (C=O) groups is 2. The van der Waals surface area contributed by atoms with Gasteiger partial charge in [0, 0.05) is 17.8 Å². The average Bonchev–Trinajstić information content (AvgIpc) is 2.57. The predicted octanol–water partition coefficient (Wildman–Crippen LogP) is 2.97. The van der Waals surface area contributed by atoms with Crippen molar-refractivity contribution in [3.8, 4) is 0 Å². The van der Waals surface area contributed by atoms with Gasteiger partial charge in [-0.2, -0.15) is 0 Å². The summed E-state index contributed by atoms with van der Waals surface area (Å²) in [6, 6.07) is 8.75. The van der Waals surface area contributed by atoms with Crippen LogP contribution in [0.15, 0.2) is 36.4 Å². The summed E-state index contributed by atoms with van der Waals surface area (Å²) in [5.74, 6) is -0.708. The fourth-order valence-corrected chi connectivity index (χ4v) is 2.75. The van der Waals surface area contributed by atoms with Gasteiger partial charge in [-0.05, 0) is 43.2 Å². The molecule has 0 saturated carbocycles. The van der Waals surface area contributed by atoms with Crippen LogP contribution in [0.1, 0.15) is 17.5 Å². The molecule has 0 bridgehead atoms.